The van der Waals surface area contributed by atoms with Gasteiger partial charge in [-0.2, -0.15) is 0 Å². The van der Waals surface area contributed by atoms with Gasteiger partial charge in [-0.25, -0.2) is 4.79 Å². The molecule has 1 aromatic heterocycles. The molecule has 1 heterocycles. The normalized spacial score (nSPS) is 16.3. The van der Waals surface area contributed by atoms with Gasteiger partial charge in [0.1, 0.15) is 0 Å². The number of nitrogens with zero attached hydrogens (tertiary/aromatic N) is 2. The van der Waals surface area contributed by atoms with Gasteiger partial charge in [0.05, 0.1) is 0 Å². The predicted octanol–water partition coefficient (Wildman–Crippen LogP) is 3.49. The maximum absolute atomic E-state index is 11.8. The van der Waals surface area contributed by atoms with Crippen molar-refractivity contribution in [3.8, 4) is 0 Å². The molecule has 0 radical (unpaired) electrons. The third-order valence-corrected chi connectivity index (χ3v) is 5.17. The molecule has 0 atom stereocenters. The first-order valence-corrected chi connectivity index (χ1v) is 8.62. The number of rotatable bonds is 5. The molecule has 0 aromatic carbocycles. The van der Waals surface area contributed by atoms with E-state index in [9.17, 15) is 4.79 Å². The van der Waals surface area contributed by atoms with Gasteiger partial charge in [0.15, 0.2) is 4.34 Å². The topological polar surface area (TPSA) is 66.9 Å². The number of carbonyl (C=O) groups excluding carboxylic acids is 1. The molecule has 0 saturated heterocycles. The Morgan fingerprint density at radius 1 is 1.37 bits per heavy atom. The summed E-state index contributed by atoms with van der Waals surface area (Å²) in [6.45, 7) is 2.13. The maximum atomic E-state index is 11.8. The predicted molar refractivity (Wildman–Crippen MR) is 80.0 cm³/mol. The summed E-state index contributed by atoms with van der Waals surface area (Å²) in [4.78, 5) is 11.8. The molecule has 0 aliphatic heterocycles. The Kier molecular flexibility index (Phi) is 5.91. The average Bonchev–Trinajstić information content (AvgIpc) is 2.85. The van der Waals surface area contributed by atoms with Gasteiger partial charge in [0.25, 0.3) is 0 Å². The van der Waals surface area contributed by atoms with Crippen LogP contribution in [0.4, 0.5) is 9.93 Å². The quantitative estimate of drug-likeness (QED) is 0.645. The fourth-order valence-corrected chi connectivity index (χ4v) is 3.75. The lowest BCUT2D eigenvalue weighted by Crippen LogP contribution is -2.38. The molecule has 0 bridgehead atoms. The highest BCUT2D eigenvalue weighted by molar-refractivity contribution is 8.01. The van der Waals surface area contributed by atoms with E-state index >= 15 is 0 Å². The molecular formula is C12H20N4OS2. The summed E-state index contributed by atoms with van der Waals surface area (Å²) in [5.74, 6) is 1.03. The zero-order valence-electron chi connectivity index (χ0n) is 11.1. The molecule has 1 aromatic rings. The number of carbonyl (C=O) groups is 1. The summed E-state index contributed by atoms with van der Waals surface area (Å²) in [7, 11) is 0. The number of hydrogen-bond donors (Lipinski definition) is 2. The Labute approximate surface area is 122 Å². The number of hydrogen-bond acceptors (Lipinski definition) is 5. The van der Waals surface area contributed by atoms with Crippen LogP contribution in [0.1, 0.15) is 45.4 Å². The van der Waals surface area contributed by atoms with Gasteiger partial charge in [-0.05, 0) is 19.3 Å². The van der Waals surface area contributed by atoms with Crippen LogP contribution < -0.4 is 10.6 Å². The van der Waals surface area contributed by atoms with Crippen LogP contribution >= 0.6 is 23.1 Å². The molecule has 7 heteroatoms. The zero-order valence-corrected chi connectivity index (χ0v) is 12.8. The van der Waals surface area contributed by atoms with Crippen molar-refractivity contribution in [2.45, 2.75) is 55.8 Å². The highest BCUT2D eigenvalue weighted by Gasteiger charge is 2.16. The van der Waals surface area contributed by atoms with Gasteiger partial charge in [-0.15, -0.1) is 10.2 Å². The molecule has 2 N–H and O–H groups in total. The Bertz CT molecular complexity index is 404. The molecule has 2 amide bonds. The van der Waals surface area contributed by atoms with Crippen molar-refractivity contribution in [2.24, 2.45) is 0 Å². The number of anilines is 1. The molecule has 1 aliphatic carbocycles. The second-order valence-electron chi connectivity index (χ2n) is 4.65. The van der Waals surface area contributed by atoms with E-state index in [-0.39, 0.29) is 6.03 Å². The zero-order chi connectivity index (χ0) is 13.5. The van der Waals surface area contributed by atoms with Crippen LogP contribution in [0.15, 0.2) is 4.34 Å². The van der Waals surface area contributed by atoms with Crippen LogP contribution in [0.25, 0.3) is 0 Å². The van der Waals surface area contributed by atoms with Gasteiger partial charge in [0, 0.05) is 11.8 Å². The minimum absolute atomic E-state index is 0.157. The summed E-state index contributed by atoms with van der Waals surface area (Å²) in [6, 6.07) is 0.158. The standard InChI is InChI=1S/C12H20N4OS2/c1-2-8-18-12-16-15-11(19-12)14-10(17)13-9-6-4-3-5-7-9/h9H,2-8H2,1H3,(H2,13,14,15,17). The summed E-state index contributed by atoms with van der Waals surface area (Å²) in [5.41, 5.74) is 0. The van der Waals surface area contributed by atoms with E-state index in [1.807, 2.05) is 0 Å². The fraction of sp³-hybridized carbons (Fsp3) is 0.750. The van der Waals surface area contributed by atoms with Crippen molar-refractivity contribution >= 4 is 34.3 Å². The number of urea groups is 1. The number of thioether (sulfide) groups is 1. The molecule has 0 unspecified atom stereocenters. The van der Waals surface area contributed by atoms with E-state index in [4.69, 9.17) is 0 Å². The lowest BCUT2D eigenvalue weighted by atomic mass is 9.96. The van der Waals surface area contributed by atoms with E-state index in [1.165, 1.54) is 30.6 Å². The minimum Gasteiger partial charge on any atom is -0.335 e. The first-order chi connectivity index (χ1) is 9.28. The van der Waals surface area contributed by atoms with Crippen LogP contribution in [0.3, 0.4) is 0 Å². The fourth-order valence-electron chi connectivity index (χ4n) is 2.07. The van der Waals surface area contributed by atoms with Crippen molar-refractivity contribution in [2.75, 3.05) is 11.1 Å². The van der Waals surface area contributed by atoms with Crippen molar-refractivity contribution in [3.05, 3.63) is 0 Å². The Hall–Kier alpha value is -0.820. The van der Waals surface area contributed by atoms with Gasteiger partial charge in [-0.1, -0.05) is 49.3 Å². The number of aromatic nitrogens is 2. The van der Waals surface area contributed by atoms with E-state index in [0.29, 0.717) is 11.2 Å². The van der Waals surface area contributed by atoms with E-state index in [2.05, 4.69) is 27.8 Å². The second kappa shape index (κ2) is 7.69. The summed E-state index contributed by atoms with van der Waals surface area (Å²) < 4.78 is 0.912. The molecule has 19 heavy (non-hydrogen) atoms. The number of amides is 2. The molecule has 0 spiro atoms. The van der Waals surface area contributed by atoms with Crippen molar-refractivity contribution in [3.63, 3.8) is 0 Å². The average molecular weight is 300 g/mol. The number of nitrogens with one attached hydrogen (secondary N) is 2. The van der Waals surface area contributed by atoms with Crippen LogP contribution in [0, 0.1) is 0 Å². The van der Waals surface area contributed by atoms with Gasteiger partial charge < -0.3 is 5.32 Å². The van der Waals surface area contributed by atoms with E-state index in [1.54, 1.807) is 11.8 Å². The Morgan fingerprint density at radius 3 is 2.89 bits per heavy atom. The molecular weight excluding hydrogens is 280 g/mol. The van der Waals surface area contributed by atoms with Crippen molar-refractivity contribution < 1.29 is 4.79 Å². The van der Waals surface area contributed by atoms with E-state index in [0.717, 1.165) is 29.4 Å². The minimum atomic E-state index is -0.157. The van der Waals surface area contributed by atoms with Crippen LogP contribution in [0.5, 0.6) is 0 Å². The van der Waals surface area contributed by atoms with Crippen LogP contribution in [0.2, 0.25) is 0 Å². The third kappa shape index (κ3) is 4.99. The van der Waals surface area contributed by atoms with Crippen molar-refractivity contribution in [1.82, 2.24) is 15.5 Å². The summed E-state index contributed by atoms with van der Waals surface area (Å²) in [6.07, 6.45) is 6.98. The molecule has 106 valence electrons. The molecule has 1 fully saturated rings. The highest BCUT2D eigenvalue weighted by Crippen LogP contribution is 2.25. The van der Waals surface area contributed by atoms with Gasteiger partial charge in [-0.3, -0.25) is 5.32 Å². The van der Waals surface area contributed by atoms with Gasteiger partial charge >= 0.3 is 6.03 Å². The Balaban J connectivity index is 1.76. The summed E-state index contributed by atoms with van der Waals surface area (Å²) >= 11 is 3.11. The lowest BCUT2D eigenvalue weighted by Gasteiger charge is -2.22. The maximum Gasteiger partial charge on any atom is 0.321 e. The summed E-state index contributed by atoms with van der Waals surface area (Å²) in [5, 5.41) is 14.4. The van der Waals surface area contributed by atoms with Crippen LogP contribution in [-0.2, 0) is 0 Å². The molecule has 1 aliphatic rings. The lowest BCUT2D eigenvalue weighted by molar-refractivity contribution is 0.244. The first kappa shape index (κ1) is 14.6. The Morgan fingerprint density at radius 2 is 2.16 bits per heavy atom. The molecule has 2 rings (SSSR count). The smallest absolute Gasteiger partial charge is 0.321 e. The molecule has 1 saturated carbocycles. The second-order valence-corrected chi connectivity index (χ2v) is 6.97. The van der Waals surface area contributed by atoms with Gasteiger partial charge in [0.2, 0.25) is 5.13 Å². The molecule has 5 nitrogen and oxygen atoms in total. The first-order valence-electron chi connectivity index (χ1n) is 6.81. The largest absolute Gasteiger partial charge is 0.335 e. The SMILES string of the molecule is CCCSc1nnc(NC(=O)NC2CCCCC2)s1. The third-order valence-electron chi connectivity index (χ3n) is 3.00. The highest BCUT2D eigenvalue weighted by atomic mass is 32.2. The van der Waals surface area contributed by atoms with Crippen LogP contribution in [-0.4, -0.2) is 28.0 Å². The monoisotopic (exact) mass is 300 g/mol. The van der Waals surface area contributed by atoms with Crippen molar-refractivity contribution in [1.29, 1.82) is 0 Å². The van der Waals surface area contributed by atoms with E-state index < -0.39 is 0 Å².